The van der Waals surface area contributed by atoms with Crippen LogP contribution in [0.2, 0.25) is 0 Å². The Bertz CT molecular complexity index is 416. The third kappa shape index (κ3) is 4.50. The summed E-state index contributed by atoms with van der Waals surface area (Å²) in [5.41, 5.74) is 2.21. The minimum absolute atomic E-state index is 0.0663. The molecule has 1 aromatic rings. The van der Waals surface area contributed by atoms with Crippen LogP contribution in [-0.4, -0.2) is 34.3 Å². The van der Waals surface area contributed by atoms with E-state index < -0.39 is 18.9 Å². The molecule has 0 radical (unpaired) electrons. The fraction of sp³-hybridized carbons (Fsp3) is 0.750. The lowest BCUT2D eigenvalue weighted by Crippen LogP contribution is -2.19. The molecule has 1 heterocycles. The molecule has 110 valence electrons. The maximum atomic E-state index is 11.9. The summed E-state index contributed by atoms with van der Waals surface area (Å²) in [6.45, 7) is 4.33. The molecule has 0 aliphatic rings. The molecule has 1 aromatic heterocycles. The monoisotopic (exact) mass is 280 g/mol. The van der Waals surface area contributed by atoms with Gasteiger partial charge in [-0.05, 0) is 20.3 Å². The van der Waals surface area contributed by atoms with E-state index in [2.05, 4.69) is 9.84 Å². The summed E-state index contributed by atoms with van der Waals surface area (Å²) in [6, 6.07) is 0. The van der Waals surface area contributed by atoms with Crippen molar-refractivity contribution >= 4 is 0 Å². The number of halogens is 3. The molecule has 0 aromatic carbocycles. The van der Waals surface area contributed by atoms with Crippen molar-refractivity contribution in [3.05, 3.63) is 17.0 Å². The Hall–Kier alpha value is -1.08. The number of alkyl halides is 3. The predicted octanol–water partition coefficient (Wildman–Crippen LogP) is 2.52. The van der Waals surface area contributed by atoms with Gasteiger partial charge in [0, 0.05) is 11.3 Å². The van der Waals surface area contributed by atoms with Gasteiger partial charge in [-0.1, -0.05) is 6.92 Å². The van der Waals surface area contributed by atoms with E-state index in [1.54, 1.807) is 18.5 Å². The molecule has 1 unspecified atom stereocenters. The summed E-state index contributed by atoms with van der Waals surface area (Å²) < 4.78 is 41.8. The molecular formula is C12H19F3N2O2. The Morgan fingerprint density at radius 3 is 2.53 bits per heavy atom. The molecule has 0 amide bonds. The van der Waals surface area contributed by atoms with Crippen molar-refractivity contribution in [3.63, 3.8) is 0 Å². The van der Waals surface area contributed by atoms with E-state index in [0.717, 1.165) is 11.3 Å². The van der Waals surface area contributed by atoms with Gasteiger partial charge in [0.05, 0.1) is 24.9 Å². The van der Waals surface area contributed by atoms with Crippen molar-refractivity contribution < 1.29 is 23.0 Å². The highest BCUT2D eigenvalue weighted by molar-refractivity contribution is 5.26. The van der Waals surface area contributed by atoms with Crippen LogP contribution in [0.5, 0.6) is 0 Å². The van der Waals surface area contributed by atoms with Crippen molar-refractivity contribution in [2.75, 3.05) is 13.2 Å². The van der Waals surface area contributed by atoms with Gasteiger partial charge >= 0.3 is 6.18 Å². The quantitative estimate of drug-likeness (QED) is 0.814. The van der Waals surface area contributed by atoms with Gasteiger partial charge in [-0.2, -0.15) is 18.3 Å². The number of nitrogens with zero attached hydrogens (tertiary/aromatic N) is 2. The zero-order valence-electron chi connectivity index (χ0n) is 11.3. The fourth-order valence-corrected chi connectivity index (χ4v) is 1.95. The number of aliphatic hydroxyl groups excluding tert-OH is 1. The molecule has 0 spiro atoms. The van der Waals surface area contributed by atoms with Crippen molar-refractivity contribution in [2.45, 2.75) is 46.0 Å². The molecule has 1 rings (SSSR count). The number of aliphatic hydroxyl groups is 1. The van der Waals surface area contributed by atoms with Crippen LogP contribution in [-0.2, 0) is 11.3 Å². The van der Waals surface area contributed by atoms with Gasteiger partial charge in [-0.25, -0.2) is 0 Å². The molecule has 0 aliphatic heterocycles. The van der Waals surface area contributed by atoms with Gasteiger partial charge < -0.3 is 9.84 Å². The summed E-state index contributed by atoms with van der Waals surface area (Å²) in [4.78, 5) is 0. The fourth-order valence-electron chi connectivity index (χ4n) is 1.95. The largest absolute Gasteiger partial charge is 0.411 e. The number of aromatic nitrogens is 2. The average Bonchev–Trinajstić information content (AvgIpc) is 2.58. The molecule has 4 nitrogen and oxygen atoms in total. The average molecular weight is 280 g/mol. The number of aryl methyl sites for hydroxylation is 1. The normalized spacial score (nSPS) is 13.8. The lowest BCUT2D eigenvalue weighted by molar-refractivity contribution is -0.174. The highest BCUT2D eigenvalue weighted by Crippen LogP contribution is 2.23. The van der Waals surface area contributed by atoms with Crippen LogP contribution in [0.3, 0.4) is 0 Å². The minimum atomic E-state index is -4.31. The summed E-state index contributed by atoms with van der Waals surface area (Å²) in [6.07, 6.45) is -4.33. The van der Waals surface area contributed by atoms with Crippen LogP contribution >= 0.6 is 0 Å². The topological polar surface area (TPSA) is 47.3 Å². The zero-order valence-corrected chi connectivity index (χ0v) is 11.3. The Kier molecular flexibility index (Phi) is 5.37. The highest BCUT2D eigenvalue weighted by atomic mass is 19.4. The van der Waals surface area contributed by atoms with E-state index in [1.165, 1.54) is 0 Å². The van der Waals surface area contributed by atoms with Crippen molar-refractivity contribution in [2.24, 2.45) is 0 Å². The van der Waals surface area contributed by atoms with E-state index in [0.29, 0.717) is 12.1 Å². The molecule has 19 heavy (non-hydrogen) atoms. The lowest BCUT2D eigenvalue weighted by Gasteiger charge is -2.10. The zero-order chi connectivity index (χ0) is 14.6. The van der Waals surface area contributed by atoms with Gasteiger partial charge in [-0.3, -0.25) is 4.68 Å². The lowest BCUT2D eigenvalue weighted by atomic mass is 10.1. The van der Waals surface area contributed by atoms with E-state index in [-0.39, 0.29) is 13.2 Å². The maximum Gasteiger partial charge on any atom is 0.411 e. The number of rotatable bonds is 6. The first-order valence-electron chi connectivity index (χ1n) is 6.12. The second-order valence-corrected chi connectivity index (χ2v) is 4.40. The van der Waals surface area contributed by atoms with Gasteiger partial charge in [0.2, 0.25) is 0 Å². The van der Waals surface area contributed by atoms with E-state index in [9.17, 15) is 18.3 Å². The predicted molar refractivity (Wildman–Crippen MR) is 63.8 cm³/mol. The molecule has 0 saturated heterocycles. The van der Waals surface area contributed by atoms with Gasteiger partial charge in [0.1, 0.15) is 6.61 Å². The van der Waals surface area contributed by atoms with Crippen LogP contribution in [0.1, 0.15) is 36.4 Å². The first kappa shape index (κ1) is 16.0. The van der Waals surface area contributed by atoms with Gasteiger partial charge in [0.25, 0.3) is 0 Å². The van der Waals surface area contributed by atoms with E-state index >= 15 is 0 Å². The minimum Gasteiger partial charge on any atom is -0.388 e. The van der Waals surface area contributed by atoms with Crippen molar-refractivity contribution in [1.29, 1.82) is 0 Å². The summed E-state index contributed by atoms with van der Waals surface area (Å²) >= 11 is 0. The number of ether oxygens (including phenoxy) is 1. The van der Waals surface area contributed by atoms with Gasteiger partial charge in [-0.15, -0.1) is 0 Å². The number of hydrogen-bond acceptors (Lipinski definition) is 3. The smallest absolute Gasteiger partial charge is 0.388 e. The third-order valence-electron chi connectivity index (χ3n) is 2.87. The van der Waals surface area contributed by atoms with E-state index in [4.69, 9.17) is 0 Å². The molecule has 0 fully saturated rings. The van der Waals surface area contributed by atoms with Gasteiger partial charge in [0.15, 0.2) is 0 Å². The Labute approximate surface area is 110 Å². The summed E-state index contributed by atoms with van der Waals surface area (Å²) in [5, 5.41) is 14.1. The van der Waals surface area contributed by atoms with Crippen molar-refractivity contribution in [3.8, 4) is 0 Å². The third-order valence-corrected chi connectivity index (χ3v) is 2.87. The van der Waals surface area contributed by atoms with Crippen LogP contribution in [0.4, 0.5) is 13.2 Å². The van der Waals surface area contributed by atoms with Crippen LogP contribution in [0.15, 0.2) is 0 Å². The molecule has 0 bridgehead atoms. The summed E-state index contributed by atoms with van der Waals surface area (Å²) in [7, 11) is 0. The van der Waals surface area contributed by atoms with E-state index in [1.807, 2.05) is 6.92 Å². The Morgan fingerprint density at radius 2 is 2.00 bits per heavy atom. The molecular weight excluding hydrogens is 261 g/mol. The molecule has 1 atom stereocenters. The van der Waals surface area contributed by atoms with Crippen LogP contribution in [0, 0.1) is 13.8 Å². The van der Waals surface area contributed by atoms with Crippen LogP contribution < -0.4 is 0 Å². The van der Waals surface area contributed by atoms with Crippen molar-refractivity contribution in [1.82, 2.24) is 9.78 Å². The Balaban J connectivity index is 2.60. The molecule has 0 aliphatic carbocycles. The maximum absolute atomic E-state index is 11.9. The molecule has 7 heteroatoms. The molecule has 1 N–H and O–H groups in total. The standard InChI is InChI=1S/C12H19F3N2O2/c1-4-10(18)11-8(2)16-17(9(11)3)5-6-19-7-12(13,14)15/h10,18H,4-7H2,1-3H3. The SMILES string of the molecule is CCC(O)c1c(C)nn(CCOCC(F)(F)F)c1C. The second kappa shape index (κ2) is 6.38. The molecule has 0 saturated carbocycles. The summed E-state index contributed by atoms with van der Waals surface area (Å²) in [5.74, 6) is 0. The second-order valence-electron chi connectivity index (χ2n) is 4.40. The number of hydrogen-bond donors (Lipinski definition) is 1. The first-order chi connectivity index (χ1) is 8.76. The highest BCUT2D eigenvalue weighted by Gasteiger charge is 2.27. The van der Waals surface area contributed by atoms with Crippen LogP contribution in [0.25, 0.3) is 0 Å². The first-order valence-corrected chi connectivity index (χ1v) is 6.12. The Morgan fingerprint density at radius 1 is 1.37 bits per heavy atom.